The minimum atomic E-state index is -0.753. The predicted molar refractivity (Wildman–Crippen MR) is 47.1 cm³/mol. The van der Waals surface area contributed by atoms with Gasteiger partial charge in [-0.05, 0) is 19.1 Å². The lowest BCUT2D eigenvalue weighted by Crippen LogP contribution is -2.02. The smallest absolute Gasteiger partial charge is 0.160 e. The van der Waals surface area contributed by atoms with E-state index in [4.69, 9.17) is 0 Å². The molecule has 0 heterocycles. The standard InChI is InChI=1S/C10H10F2O2/c1-6(13)7-3-9(11)8(5-14-2)10(12)4-7/h3-4H,5H2,1-2H3. The molecular weight excluding hydrogens is 190 g/mol. The Balaban J connectivity index is 3.18. The Kier molecular flexibility index (Phi) is 3.30. The summed E-state index contributed by atoms with van der Waals surface area (Å²) in [7, 11) is 1.35. The third-order valence-electron chi connectivity index (χ3n) is 1.84. The molecule has 0 fully saturated rings. The van der Waals surface area contributed by atoms with E-state index in [2.05, 4.69) is 4.74 Å². The van der Waals surface area contributed by atoms with Crippen LogP contribution >= 0.6 is 0 Å². The van der Waals surface area contributed by atoms with Gasteiger partial charge in [0.05, 0.1) is 6.61 Å². The molecule has 0 N–H and O–H groups in total. The molecule has 1 aromatic rings. The molecule has 76 valence electrons. The van der Waals surface area contributed by atoms with Crippen molar-refractivity contribution >= 4 is 5.78 Å². The van der Waals surface area contributed by atoms with E-state index in [1.165, 1.54) is 14.0 Å². The van der Waals surface area contributed by atoms with Crippen molar-refractivity contribution in [1.29, 1.82) is 0 Å². The molecule has 0 atom stereocenters. The maximum Gasteiger partial charge on any atom is 0.160 e. The molecule has 2 nitrogen and oxygen atoms in total. The van der Waals surface area contributed by atoms with Gasteiger partial charge in [-0.25, -0.2) is 8.78 Å². The maximum absolute atomic E-state index is 13.2. The lowest BCUT2D eigenvalue weighted by molar-refractivity contribution is 0.101. The van der Waals surface area contributed by atoms with E-state index in [1.54, 1.807) is 0 Å². The molecule has 0 amide bonds. The second-order valence-corrected chi connectivity index (χ2v) is 2.91. The summed E-state index contributed by atoms with van der Waals surface area (Å²) in [4.78, 5) is 10.9. The van der Waals surface area contributed by atoms with Crippen molar-refractivity contribution in [1.82, 2.24) is 0 Å². The van der Waals surface area contributed by atoms with Crippen LogP contribution < -0.4 is 0 Å². The number of Topliss-reactive ketones (excluding diaryl/α,β-unsaturated/α-hetero) is 1. The van der Waals surface area contributed by atoms with Crippen LogP contribution in [0.15, 0.2) is 12.1 Å². The number of benzene rings is 1. The van der Waals surface area contributed by atoms with Crippen molar-refractivity contribution in [3.8, 4) is 0 Å². The van der Waals surface area contributed by atoms with E-state index in [0.717, 1.165) is 12.1 Å². The lowest BCUT2D eigenvalue weighted by atomic mass is 10.1. The van der Waals surface area contributed by atoms with Crippen molar-refractivity contribution < 1.29 is 18.3 Å². The third-order valence-corrected chi connectivity index (χ3v) is 1.84. The van der Waals surface area contributed by atoms with Crippen LogP contribution in [0.4, 0.5) is 8.78 Å². The summed E-state index contributed by atoms with van der Waals surface area (Å²) in [6.45, 7) is 1.11. The van der Waals surface area contributed by atoms with Gasteiger partial charge >= 0.3 is 0 Å². The zero-order valence-corrected chi connectivity index (χ0v) is 7.93. The van der Waals surface area contributed by atoms with E-state index in [1.807, 2.05) is 0 Å². The number of ether oxygens (including phenoxy) is 1. The summed E-state index contributed by atoms with van der Waals surface area (Å²) < 4.78 is 31.0. The van der Waals surface area contributed by atoms with Gasteiger partial charge in [0.15, 0.2) is 5.78 Å². The Morgan fingerprint density at radius 2 is 1.86 bits per heavy atom. The highest BCUT2D eigenvalue weighted by Crippen LogP contribution is 2.16. The molecule has 1 aromatic carbocycles. The molecule has 0 saturated heterocycles. The van der Waals surface area contributed by atoms with E-state index in [-0.39, 0.29) is 23.5 Å². The Bertz CT molecular complexity index is 338. The number of carbonyl (C=O) groups excluding carboxylic acids is 1. The minimum absolute atomic E-state index is 0.0276. The highest BCUT2D eigenvalue weighted by molar-refractivity contribution is 5.94. The molecule has 0 radical (unpaired) electrons. The molecule has 0 aliphatic rings. The van der Waals surface area contributed by atoms with Gasteiger partial charge < -0.3 is 4.74 Å². The average molecular weight is 200 g/mol. The number of hydrogen-bond donors (Lipinski definition) is 0. The molecule has 1 rings (SSSR count). The monoisotopic (exact) mass is 200 g/mol. The van der Waals surface area contributed by atoms with Crippen LogP contribution in [0.3, 0.4) is 0 Å². The Morgan fingerprint density at radius 3 is 2.21 bits per heavy atom. The summed E-state index contributed by atoms with van der Waals surface area (Å²) in [5, 5.41) is 0. The van der Waals surface area contributed by atoms with Crippen molar-refractivity contribution in [3.05, 3.63) is 34.9 Å². The number of carbonyl (C=O) groups is 1. The average Bonchev–Trinajstić information content (AvgIpc) is 2.10. The van der Waals surface area contributed by atoms with E-state index < -0.39 is 11.6 Å². The molecule has 0 bridgehead atoms. The highest BCUT2D eigenvalue weighted by atomic mass is 19.1. The number of methoxy groups -OCH3 is 1. The summed E-state index contributed by atoms with van der Waals surface area (Å²) in [5.74, 6) is -1.87. The molecule has 14 heavy (non-hydrogen) atoms. The van der Waals surface area contributed by atoms with Crippen LogP contribution in [-0.2, 0) is 11.3 Å². The van der Waals surface area contributed by atoms with Gasteiger partial charge in [0.1, 0.15) is 11.6 Å². The first kappa shape index (κ1) is 10.8. The molecule has 0 spiro atoms. The number of rotatable bonds is 3. The number of halogens is 2. The van der Waals surface area contributed by atoms with Crippen LogP contribution in [0.25, 0.3) is 0 Å². The van der Waals surface area contributed by atoms with Gasteiger partial charge in [0.25, 0.3) is 0 Å². The summed E-state index contributed by atoms with van der Waals surface area (Å²) >= 11 is 0. The number of ketones is 1. The molecule has 0 aliphatic heterocycles. The van der Waals surface area contributed by atoms with Crippen LogP contribution in [0.1, 0.15) is 22.8 Å². The molecule has 0 aromatic heterocycles. The normalized spacial score (nSPS) is 10.3. The van der Waals surface area contributed by atoms with Crippen LogP contribution in [0.5, 0.6) is 0 Å². The van der Waals surface area contributed by atoms with Gasteiger partial charge in [-0.2, -0.15) is 0 Å². The molecule has 4 heteroatoms. The second kappa shape index (κ2) is 4.28. The Labute approximate surface area is 80.5 Å². The minimum Gasteiger partial charge on any atom is -0.380 e. The van der Waals surface area contributed by atoms with E-state index >= 15 is 0 Å². The summed E-state index contributed by atoms with van der Waals surface area (Å²) in [6, 6.07) is 2.03. The third kappa shape index (κ3) is 2.14. The van der Waals surface area contributed by atoms with Gasteiger partial charge in [0, 0.05) is 18.2 Å². The van der Waals surface area contributed by atoms with Crippen molar-refractivity contribution in [2.24, 2.45) is 0 Å². The van der Waals surface area contributed by atoms with Gasteiger partial charge in [-0.1, -0.05) is 0 Å². The zero-order chi connectivity index (χ0) is 10.7. The molecular formula is C10H10F2O2. The second-order valence-electron chi connectivity index (χ2n) is 2.91. The Hall–Kier alpha value is -1.29. The topological polar surface area (TPSA) is 26.3 Å². The van der Waals surface area contributed by atoms with Crippen LogP contribution in [-0.4, -0.2) is 12.9 Å². The van der Waals surface area contributed by atoms with E-state index in [9.17, 15) is 13.6 Å². The van der Waals surface area contributed by atoms with Crippen LogP contribution in [0, 0.1) is 11.6 Å². The van der Waals surface area contributed by atoms with Gasteiger partial charge in [-0.15, -0.1) is 0 Å². The van der Waals surface area contributed by atoms with Crippen LogP contribution in [0.2, 0.25) is 0 Å². The van der Waals surface area contributed by atoms with Gasteiger partial charge in [0.2, 0.25) is 0 Å². The first-order valence-electron chi connectivity index (χ1n) is 4.04. The van der Waals surface area contributed by atoms with Gasteiger partial charge in [-0.3, -0.25) is 4.79 Å². The predicted octanol–water partition coefficient (Wildman–Crippen LogP) is 2.31. The fourth-order valence-electron chi connectivity index (χ4n) is 1.09. The SMILES string of the molecule is COCc1c(F)cc(C(C)=O)cc1F. The zero-order valence-electron chi connectivity index (χ0n) is 7.93. The molecule has 0 aliphatic carbocycles. The van der Waals surface area contributed by atoms with Crippen molar-refractivity contribution in [2.45, 2.75) is 13.5 Å². The maximum atomic E-state index is 13.2. The molecule has 0 unspecified atom stereocenters. The first-order valence-corrected chi connectivity index (χ1v) is 4.04. The quantitative estimate of drug-likeness (QED) is 0.700. The Morgan fingerprint density at radius 1 is 1.36 bits per heavy atom. The fourth-order valence-corrected chi connectivity index (χ4v) is 1.09. The first-order chi connectivity index (χ1) is 6.56. The lowest BCUT2D eigenvalue weighted by Gasteiger charge is -2.05. The fraction of sp³-hybridized carbons (Fsp3) is 0.300. The van der Waals surface area contributed by atoms with Crippen molar-refractivity contribution in [3.63, 3.8) is 0 Å². The summed E-state index contributed by atoms with van der Waals surface area (Å²) in [6.07, 6.45) is 0. The largest absolute Gasteiger partial charge is 0.380 e. The highest BCUT2D eigenvalue weighted by Gasteiger charge is 2.12. The van der Waals surface area contributed by atoms with E-state index in [0.29, 0.717) is 0 Å². The summed E-state index contributed by atoms with van der Waals surface area (Å²) in [5.41, 5.74) is -0.127. The van der Waals surface area contributed by atoms with Crippen molar-refractivity contribution in [2.75, 3.05) is 7.11 Å². The number of hydrogen-bond acceptors (Lipinski definition) is 2. The molecule has 0 saturated carbocycles.